The predicted molar refractivity (Wildman–Crippen MR) is 69.9 cm³/mol. The Morgan fingerprint density at radius 2 is 2.20 bits per heavy atom. The van der Waals surface area contributed by atoms with E-state index in [1.165, 1.54) is 23.4 Å². The smallest absolute Gasteiger partial charge is 0.0613 e. The Hall–Kier alpha value is -0.700. The molecule has 0 aromatic heterocycles. The summed E-state index contributed by atoms with van der Waals surface area (Å²) in [5.41, 5.74) is 3.89. The molecule has 1 aromatic carbocycles. The van der Waals surface area contributed by atoms with E-state index in [-0.39, 0.29) is 0 Å². The van der Waals surface area contributed by atoms with Crippen LogP contribution < -0.4 is 10.2 Å². The Labute approximate surface area is 99.8 Å². The van der Waals surface area contributed by atoms with Gasteiger partial charge in [0, 0.05) is 24.1 Å². The van der Waals surface area contributed by atoms with Crippen molar-refractivity contribution in [3.05, 3.63) is 22.2 Å². The number of benzene rings is 1. The third-order valence-electron chi connectivity index (χ3n) is 2.98. The fourth-order valence-electron chi connectivity index (χ4n) is 2.04. The molecule has 1 N–H and O–H groups in total. The summed E-state index contributed by atoms with van der Waals surface area (Å²) in [5.74, 6) is 0. The van der Waals surface area contributed by atoms with Gasteiger partial charge < -0.3 is 10.2 Å². The van der Waals surface area contributed by atoms with Crippen molar-refractivity contribution in [2.24, 2.45) is 0 Å². The molecular weight excluding hydrogens is 252 g/mol. The number of rotatable bonds is 0. The minimum absolute atomic E-state index is 0.550. The second-order valence-corrected chi connectivity index (χ2v) is 5.29. The first-order chi connectivity index (χ1) is 7.08. The summed E-state index contributed by atoms with van der Waals surface area (Å²) >= 11 is 3.55. The SMILES string of the molecule is Cc1cc(Br)cc2c1NC(C)CCN2C. The van der Waals surface area contributed by atoms with Crippen molar-refractivity contribution in [3.8, 4) is 0 Å². The van der Waals surface area contributed by atoms with Gasteiger partial charge in [-0.2, -0.15) is 0 Å². The largest absolute Gasteiger partial charge is 0.381 e. The monoisotopic (exact) mass is 268 g/mol. The molecule has 2 rings (SSSR count). The van der Waals surface area contributed by atoms with Gasteiger partial charge in [-0.3, -0.25) is 0 Å². The molecule has 0 bridgehead atoms. The van der Waals surface area contributed by atoms with Crippen LogP contribution in [-0.4, -0.2) is 19.6 Å². The molecule has 0 saturated heterocycles. The Morgan fingerprint density at radius 3 is 2.93 bits per heavy atom. The molecule has 0 aliphatic carbocycles. The third kappa shape index (κ3) is 2.12. The fourth-order valence-corrected chi connectivity index (χ4v) is 2.60. The summed E-state index contributed by atoms with van der Waals surface area (Å²) in [7, 11) is 2.16. The lowest BCUT2D eigenvalue weighted by Gasteiger charge is -2.20. The van der Waals surface area contributed by atoms with Crippen LogP contribution in [0.25, 0.3) is 0 Å². The average molecular weight is 269 g/mol. The molecule has 1 atom stereocenters. The molecule has 82 valence electrons. The van der Waals surface area contributed by atoms with E-state index in [0.29, 0.717) is 6.04 Å². The van der Waals surface area contributed by atoms with Crippen molar-refractivity contribution in [2.75, 3.05) is 23.8 Å². The highest BCUT2D eigenvalue weighted by Crippen LogP contribution is 2.35. The van der Waals surface area contributed by atoms with Gasteiger partial charge >= 0.3 is 0 Å². The molecule has 0 radical (unpaired) electrons. The molecule has 15 heavy (non-hydrogen) atoms. The minimum Gasteiger partial charge on any atom is -0.381 e. The maximum absolute atomic E-state index is 3.59. The second-order valence-electron chi connectivity index (χ2n) is 4.37. The normalized spacial score (nSPS) is 20.5. The Bertz CT molecular complexity index is 376. The van der Waals surface area contributed by atoms with Crippen molar-refractivity contribution in [1.82, 2.24) is 0 Å². The molecule has 0 amide bonds. The summed E-state index contributed by atoms with van der Waals surface area (Å²) in [5, 5.41) is 3.59. The number of hydrogen-bond donors (Lipinski definition) is 1. The number of halogens is 1. The molecule has 2 nitrogen and oxygen atoms in total. The van der Waals surface area contributed by atoms with Crippen molar-refractivity contribution in [1.29, 1.82) is 0 Å². The van der Waals surface area contributed by atoms with Crippen LogP contribution >= 0.6 is 15.9 Å². The van der Waals surface area contributed by atoms with E-state index < -0.39 is 0 Å². The summed E-state index contributed by atoms with van der Waals surface area (Å²) in [6, 6.07) is 4.90. The number of fused-ring (bicyclic) bond motifs is 1. The Balaban J connectivity index is 2.52. The first-order valence-electron chi connectivity index (χ1n) is 5.36. The first kappa shape index (κ1) is 10.8. The Morgan fingerprint density at radius 1 is 1.47 bits per heavy atom. The van der Waals surface area contributed by atoms with Gasteiger partial charge in [0.15, 0.2) is 0 Å². The van der Waals surface area contributed by atoms with Crippen molar-refractivity contribution >= 4 is 27.3 Å². The van der Waals surface area contributed by atoms with Crippen molar-refractivity contribution < 1.29 is 0 Å². The van der Waals surface area contributed by atoms with Crippen LogP contribution in [0.5, 0.6) is 0 Å². The summed E-state index contributed by atoms with van der Waals surface area (Å²) in [6.45, 7) is 5.50. The van der Waals surface area contributed by atoms with Gasteiger partial charge in [-0.15, -0.1) is 0 Å². The van der Waals surface area contributed by atoms with Crippen molar-refractivity contribution in [3.63, 3.8) is 0 Å². The standard InChI is InChI=1S/C12H17BrN2/c1-8-6-10(13)7-11-12(8)14-9(2)4-5-15(11)3/h6-7,9,14H,4-5H2,1-3H3. The zero-order valence-electron chi connectivity index (χ0n) is 9.47. The van der Waals surface area contributed by atoms with Crippen LogP contribution in [0.1, 0.15) is 18.9 Å². The molecule has 0 spiro atoms. The lowest BCUT2D eigenvalue weighted by atomic mass is 10.1. The van der Waals surface area contributed by atoms with E-state index in [1.54, 1.807) is 0 Å². The molecule has 1 aromatic rings. The number of nitrogens with one attached hydrogen (secondary N) is 1. The summed E-state index contributed by atoms with van der Waals surface area (Å²) in [4.78, 5) is 2.32. The van der Waals surface area contributed by atoms with Gasteiger partial charge in [0.05, 0.1) is 11.4 Å². The van der Waals surface area contributed by atoms with E-state index in [9.17, 15) is 0 Å². The molecule has 0 saturated carbocycles. The van der Waals surface area contributed by atoms with Crippen LogP contribution in [0.15, 0.2) is 16.6 Å². The zero-order valence-corrected chi connectivity index (χ0v) is 11.1. The highest BCUT2D eigenvalue weighted by Gasteiger charge is 2.17. The third-order valence-corrected chi connectivity index (χ3v) is 3.44. The number of anilines is 2. The van der Waals surface area contributed by atoms with E-state index in [4.69, 9.17) is 0 Å². The predicted octanol–water partition coefficient (Wildman–Crippen LogP) is 3.40. The lowest BCUT2D eigenvalue weighted by molar-refractivity contribution is 0.711. The van der Waals surface area contributed by atoms with E-state index in [2.05, 4.69) is 59.2 Å². The van der Waals surface area contributed by atoms with Gasteiger partial charge in [-0.05, 0) is 38.0 Å². The van der Waals surface area contributed by atoms with Gasteiger partial charge in [-0.1, -0.05) is 15.9 Å². The van der Waals surface area contributed by atoms with E-state index in [0.717, 1.165) is 11.0 Å². The minimum atomic E-state index is 0.550. The molecule has 1 heterocycles. The van der Waals surface area contributed by atoms with Gasteiger partial charge in [-0.25, -0.2) is 0 Å². The van der Waals surface area contributed by atoms with Gasteiger partial charge in [0.25, 0.3) is 0 Å². The highest BCUT2D eigenvalue weighted by atomic mass is 79.9. The summed E-state index contributed by atoms with van der Waals surface area (Å²) < 4.78 is 1.15. The molecule has 1 aliphatic heterocycles. The molecule has 0 fully saturated rings. The molecular formula is C12H17BrN2. The number of nitrogens with zero attached hydrogens (tertiary/aromatic N) is 1. The molecule has 3 heteroatoms. The van der Waals surface area contributed by atoms with Crippen LogP contribution in [-0.2, 0) is 0 Å². The van der Waals surface area contributed by atoms with Gasteiger partial charge in [0.1, 0.15) is 0 Å². The van der Waals surface area contributed by atoms with Crippen molar-refractivity contribution in [2.45, 2.75) is 26.3 Å². The van der Waals surface area contributed by atoms with Crippen LogP contribution in [0.2, 0.25) is 0 Å². The molecule has 1 unspecified atom stereocenters. The van der Waals surface area contributed by atoms with Crippen LogP contribution in [0.3, 0.4) is 0 Å². The molecule has 1 aliphatic rings. The number of aryl methyl sites for hydroxylation is 1. The zero-order chi connectivity index (χ0) is 11.0. The van der Waals surface area contributed by atoms with Crippen LogP contribution in [0, 0.1) is 6.92 Å². The Kier molecular flexibility index (Phi) is 2.91. The number of hydrogen-bond acceptors (Lipinski definition) is 2. The maximum Gasteiger partial charge on any atom is 0.0613 e. The topological polar surface area (TPSA) is 15.3 Å². The fraction of sp³-hybridized carbons (Fsp3) is 0.500. The van der Waals surface area contributed by atoms with E-state index in [1.807, 2.05) is 0 Å². The summed E-state index contributed by atoms with van der Waals surface area (Å²) in [6.07, 6.45) is 1.18. The average Bonchev–Trinajstić information content (AvgIpc) is 2.30. The quantitative estimate of drug-likeness (QED) is 0.776. The van der Waals surface area contributed by atoms with E-state index >= 15 is 0 Å². The van der Waals surface area contributed by atoms with Crippen LogP contribution in [0.4, 0.5) is 11.4 Å². The first-order valence-corrected chi connectivity index (χ1v) is 6.15. The maximum atomic E-state index is 3.59. The van der Waals surface area contributed by atoms with Gasteiger partial charge in [0.2, 0.25) is 0 Å². The highest BCUT2D eigenvalue weighted by molar-refractivity contribution is 9.10. The lowest BCUT2D eigenvalue weighted by Crippen LogP contribution is -2.19. The second kappa shape index (κ2) is 4.05.